The van der Waals surface area contributed by atoms with Crippen molar-refractivity contribution in [2.75, 3.05) is 17.4 Å². The summed E-state index contributed by atoms with van der Waals surface area (Å²) in [4.78, 5) is 12.4. The van der Waals surface area contributed by atoms with Gasteiger partial charge in [-0.3, -0.25) is 9.10 Å². The molecule has 0 fully saturated rings. The molecular formula is C19H23ClN2O3S. The highest BCUT2D eigenvalue weighted by molar-refractivity contribution is 7.92. The maximum absolute atomic E-state index is 13.1. The van der Waals surface area contributed by atoms with Crippen molar-refractivity contribution in [3.05, 3.63) is 59.6 Å². The third-order valence-corrected chi connectivity index (χ3v) is 5.88. The second-order valence-corrected chi connectivity index (χ2v) is 8.16. The fraction of sp³-hybridized carbons (Fsp3) is 0.316. The van der Waals surface area contributed by atoms with Gasteiger partial charge in [-0.15, -0.1) is 0 Å². The molecule has 1 N–H and O–H groups in total. The summed E-state index contributed by atoms with van der Waals surface area (Å²) in [7, 11) is -3.89. The van der Waals surface area contributed by atoms with Crippen LogP contribution in [-0.4, -0.2) is 27.4 Å². The zero-order valence-electron chi connectivity index (χ0n) is 14.7. The van der Waals surface area contributed by atoms with E-state index in [1.807, 2.05) is 0 Å². The summed E-state index contributed by atoms with van der Waals surface area (Å²) in [6.45, 7) is 2.34. The van der Waals surface area contributed by atoms with Crippen LogP contribution in [0.25, 0.3) is 0 Å². The standard InChI is InChI=1S/C19H23ClN2O3S/c1-2-3-7-14-21-19(23)15-22(17-8-5-4-6-9-17)26(24,25)18-12-10-16(20)11-13-18/h4-6,8-13H,2-3,7,14-15H2,1H3,(H,21,23). The van der Waals surface area contributed by atoms with E-state index in [2.05, 4.69) is 12.2 Å². The molecule has 140 valence electrons. The van der Waals surface area contributed by atoms with Gasteiger partial charge >= 0.3 is 0 Å². The van der Waals surface area contributed by atoms with Crippen LogP contribution in [0.2, 0.25) is 5.02 Å². The Labute approximate surface area is 160 Å². The molecule has 0 spiro atoms. The number of carbonyl (C=O) groups is 1. The number of halogens is 1. The first-order valence-corrected chi connectivity index (χ1v) is 10.4. The quantitative estimate of drug-likeness (QED) is 0.657. The van der Waals surface area contributed by atoms with Gasteiger partial charge in [0.05, 0.1) is 10.6 Å². The number of hydrogen-bond donors (Lipinski definition) is 1. The third-order valence-electron chi connectivity index (χ3n) is 3.84. The van der Waals surface area contributed by atoms with E-state index >= 15 is 0 Å². The van der Waals surface area contributed by atoms with Crippen LogP contribution in [0.5, 0.6) is 0 Å². The van der Waals surface area contributed by atoms with Crippen LogP contribution in [0, 0.1) is 0 Å². The number of nitrogens with zero attached hydrogens (tertiary/aromatic N) is 1. The number of carbonyl (C=O) groups excluding carboxylic acids is 1. The fourth-order valence-corrected chi connectivity index (χ4v) is 3.98. The first-order valence-electron chi connectivity index (χ1n) is 8.55. The van der Waals surface area contributed by atoms with E-state index in [9.17, 15) is 13.2 Å². The highest BCUT2D eigenvalue weighted by Crippen LogP contribution is 2.24. The maximum Gasteiger partial charge on any atom is 0.264 e. The first-order chi connectivity index (χ1) is 12.4. The van der Waals surface area contributed by atoms with Crippen molar-refractivity contribution in [1.29, 1.82) is 0 Å². The Morgan fingerprint density at radius 3 is 2.31 bits per heavy atom. The number of anilines is 1. The van der Waals surface area contributed by atoms with Gasteiger partial charge in [-0.1, -0.05) is 49.6 Å². The van der Waals surface area contributed by atoms with Gasteiger partial charge in [0.25, 0.3) is 10.0 Å². The summed E-state index contributed by atoms with van der Waals surface area (Å²) in [5.74, 6) is -0.331. The lowest BCUT2D eigenvalue weighted by Crippen LogP contribution is -2.41. The summed E-state index contributed by atoms with van der Waals surface area (Å²) in [5, 5.41) is 3.23. The van der Waals surface area contributed by atoms with Gasteiger partial charge in [0.1, 0.15) is 6.54 Å². The van der Waals surface area contributed by atoms with E-state index in [1.54, 1.807) is 30.3 Å². The van der Waals surface area contributed by atoms with E-state index in [0.29, 0.717) is 17.3 Å². The van der Waals surface area contributed by atoms with Gasteiger partial charge < -0.3 is 5.32 Å². The third kappa shape index (κ3) is 5.47. The van der Waals surface area contributed by atoms with Gasteiger partial charge in [-0.2, -0.15) is 0 Å². The van der Waals surface area contributed by atoms with E-state index in [-0.39, 0.29) is 17.3 Å². The van der Waals surface area contributed by atoms with Crippen LogP contribution in [-0.2, 0) is 14.8 Å². The lowest BCUT2D eigenvalue weighted by molar-refractivity contribution is -0.119. The number of benzene rings is 2. The number of rotatable bonds is 9. The molecule has 0 atom stereocenters. The molecule has 2 rings (SSSR count). The molecule has 0 saturated carbocycles. The molecule has 2 aromatic carbocycles. The minimum atomic E-state index is -3.89. The molecule has 0 heterocycles. The normalized spacial score (nSPS) is 11.2. The molecule has 0 aliphatic rings. The predicted molar refractivity (Wildman–Crippen MR) is 105 cm³/mol. The minimum absolute atomic E-state index is 0.0875. The molecule has 0 unspecified atom stereocenters. The summed E-state index contributed by atoms with van der Waals surface area (Å²) in [6, 6.07) is 14.5. The minimum Gasteiger partial charge on any atom is -0.355 e. The van der Waals surface area contributed by atoms with E-state index in [1.165, 1.54) is 24.3 Å². The lowest BCUT2D eigenvalue weighted by Gasteiger charge is -2.24. The topological polar surface area (TPSA) is 66.5 Å². The van der Waals surface area contributed by atoms with Crippen LogP contribution in [0.15, 0.2) is 59.5 Å². The molecule has 0 aliphatic heterocycles. The predicted octanol–water partition coefficient (Wildman–Crippen LogP) is 3.84. The zero-order valence-corrected chi connectivity index (χ0v) is 16.3. The van der Waals surface area contributed by atoms with Gasteiger partial charge in [-0.25, -0.2) is 8.42 Å². The van der Waals surface area contributed by atoms with E-state index in [4.69, 9.17) is 11.6 Å². The Bertz CT molecular complexity index is 808. The van der Waals surface area contributed by atoms with Crippen molar-refractivity contribution in [2.45, 2.75) is 31.1 Å². The van der Waals surface area contributed by atoms with E-state index < -0.39 is 10.0 Å². The molecular weight excluding hydrogens is 372 g/mol. The Kier molecular flexibility index (Phi) is 7.48. The average Bonchev–Trinajstić information content (AvgIpc) is 2.64. The molecule has 2 aromatic rings. The second kappa shape index (κ2) is 9.59. The molecule has 0 radical (unpaired) electrons. The summed E-state index contributed by atoms with van der Waals surface area (Å²) < 4.78 is 27.2. The van der Waals surface area contributed by atoms with Gasteiger partial charge in [-0.05, 0) is 42.8 Å². The van der Waals surface area contributed by atoms with Gasteiger partial charge in [0.15, 0.2) is 0 Å². The van der Waals surface area contributed by atoms with Crippen molar-refractivity contribution >= 4 is 33.2 Å². The smallest absolute Gasteiger partial charge is 0.264 e. The molecule has 7 heteroatoms. The van der Waals surface area contributed by atoms with Crippen LogP contribution in [0.4, 0.5) is 5.69 Å². The fourth-order valence-electron chi connectivity index (χ4n) is 2.43. The lowest BCUT2D eigenvalue weighted by atomic mass is 10.2. The second-order valence-electron chi connectivity index (χ2n) is 5.86. The number of sulfonamides is 1. The van der Waals surface area contributed by atoms with Crippen molar-refractivity contribution < 1.29 is 13.2 Å². The highest BCUT2D eigenvalue weighted by atomic mass is 35.5. The monoisotopic (exact) mass is 394 g/mol. The molecule has 26 heavy (non-hydrogen) atoms. The Morgan fingerprint density at radius 1 is 1.04 bits per heavy atom. The summed E-state index contributed by atoms with van der Waals surface area (Å²) >= 11 is 5.85. The molecule has 5 nitrogen and oxygen atoms in total. The summed E-state index contributed by atoms with van der Waals surface area (Å²) in [5.41, 5.74) is 0.436. The Balaban J connectivity index is 2.24. The number of nitrogens with one attached hydrogen (secondary N) is 1. The molecule has 0 aliphatic carbocycles. The maximum atomic E-state index is 13.1. The molecule has 0 saturated heterocycles. The molecule has 0 bridgehead atoms. The number of unbranched alkanes of at least 4 members (excludes halogenated alkanes) is 2. The van der Waals surface area contributed by atoms with Crippen LogP contribution in [0.3, 0.4) is 0 Å². The van der Waals surface area contributed by atoms with E-state index in [0.717, 1.165) is 23.6 Å². The van der Waals surface area contributed by atoms with Crippen molar-refractivity contribution in [3.63, 3.8) is 0 Å². The molecule has 1 amide bonds. The van der Waals surface area contributed by atoms with Crippen LogP contribution >= 0.6 is 11.6 Å². The average molecular weight is 395 g/mol. The Hall–Kier alpha value is -2.05. The largest absolute Gasteiger partial charge is 0.355 e. The molecule has 0 aromatic heterocycles. The first kappa shape index (κ1) is 20.3. The van der Waals surface area contributed by atoms with Crippen LogP contribution < -0.4 is 9.62 Å². The number of hydrogen-bond acceptors (Lipinski definition) is 3. The number of amides is 1. The van der Waals surface area contributed by atoms with Crippen LogP contribution in [0.1, 0.15) is 26.2 Å². The summed E-state index contributed by atoms with van der Waals surface area (Å²) in [6.07, 6.45) is 2.94. The van der Waals surface area contributed by atoms with Gasteiger partial charge in [0.2, 0.25) is 5.91 Å². The number of para-hydroxylation sites is 1. The SMILES string of the molecule is CCCCCNC(=O)CN(c1ccccc1)S(=O)(=O)c1ccc(Cl)cc1. The van der Waals surface area contributed by atoms with Crippen molar-refractivity contribution in [3.8, 4) is 0 Å². The highest BCUT2D eigenvalue weighted by Gasteiger charge is 2.26. The van der Waals surface area contributed by atoms with Crippen molar-refractivity contribution in [1.82, 2.24) is 5.32 Å². The zero-order chi connectivity index (χ0) is 19.0. The van der Waals surface area contributed by atoms with Gasteiger partial charge in [0, 0.05) is 11.6 Å². The Morgan fingerprint density at radius 2 is 1.69 bits per heavy atom. The van der Waals surface area contributed by atoms with Crippen molar-refractivity contribution in [2.24, 2.45) is 0 Å².